The Morgan fingerprint density at radius 1 is 1.33 bits per heavy atom. The Labute approximate surface area is 113 Å². The van der Waals surface area contributed by atoms with Crippen LogP contribution < -0.4 is 5.32 Å². The van der Waals surface area contributed by atoms with Crippen molar-refractivity contribution >= 4 is 0 Å². The molecular weight excluding hydrogens is 224 g/mol. The maximum Gasteiger partial charge on any atom is 0.0637 e. The molecule has 1 saturated heterocycles. The van der Waals surface area contributed by atoms with E-state index in [1.165, 1.54) is 38.9 Å². The summed E-state index contributed by atoms with van der Waals surface area (Å²) in [5, 5.41) is 3.77. The van der Waals surface area contributed by atoms with E-state index in [0.717, 1.165) is 6.42 Å². The number of hydrogen-bond donors (Lipinski definition) is 1. The molecule has 1 aliphatic rings. The molecule has 0 saturated carbocycles. The van der Waals surface area contributed by atoms with E-state index >= 15 is 0 Å². The van der Waals surface area contributed by atoms with Crippen molar-refractivity contribution in [3.63, 3.8) is 0 Å². The molecule has 0 aromatic carbocycles. The van der Waals surface area contributed by atoms with Gasteiger partial charge < -0.3 is 15.0 Å². The lowest BCUT2D eigenvalue weighted by Gasteiger charge is -2.35. The fourth-order valence-corrected chi connectivity index (χ4v) is 2.92. The van der Waals surface area contributed by atoms with Crippen LogP contribution in [0.1, 0.15) is 53.4 Å². The zero-order valence-corrected chi connectivity index (χ0v) is 13.0. The predicted octanol–water partition coefficient (Wildman–Crippen LogP) is 2.65. The number of hydrogen-bond acceptors (Lipinski definition) is 3. The zero-order chi connectivity index (χ0) is 13.6. The van der Waals surface area contributed by atoms with E-state index in [-0.39, 0.29) is 5.60 Å². The van der Waals surface area contributed by atoms with Gasteiger partial charge in [-0.2, -0.15) is 0 Å². The smallest absolute Gasteiger partial charge is 0.0637 e. The zero-order valence-electron chi connectivity index (χ0n) is 13.0. The van der Waals surface area contributed by atoms with Gasteiger partial charge in [0.25, 0.3) is 0 Å². The maximum absolute atomic E-state index is 5.50. The number of nitrogens with one attached hydrogen (secondary N) is 1. The summed E-state index contributed by atoms with van der Waals surface area (Å²) in [6.45, 7) is 12.6. The minimum atomic E-state index is -0.0185. The molecule has 0 spiro atoms. The topological polar surface area (TPSA) is 24.5 Å². The van der Waals surface area contributed by atoms with E-state index in [4.69, 9.17) is 4.74 Å². The van der Waals surface area contributed by atoms with E-state index in [2.05, 4.69) is 37.9 Å². The molecule has 3 heteroatoms. The highest BCUT2D eigenvalue weighted by Gasteiger charge is 2.24. The van der Waals surface area contributed by atoms with E-state index in [1.807, 2.05) is 0 Å². The molecule has 1 N–H and O–H groups in total. The Morgan fingerprint density at radius 3 is 2.44 bits per heavy atom. The summed E-state index contributed by atoms with van der Waals surface area (Å²) in [7, 11) is 1.80. The second kappa shape index (κ2) is 7.46. The number of ether oxygens (including phenoxy) is 1. The lowest BCUT2D eigenvalue weighted by Crippen LogP contribution is -2.47. The summed E-state index contributed by atoms with van der Waals surface area (Å²) in [5.74, 6) is 0. The number of rotatable bonds is 7. The van der Waals surface area contributed by atoms with E-state index < -0.39 is 0 Å². The molecule has 3 nitrogen and oxygen atoms in total. The van der Waals surface area contributed by atoms with Gasteiger partial charge in [0.1, 0.15) is 0 Å². The predicted molar refractivity (Wildman–Crippen MR) is 78.1 cm³/mol. The molecule has 18 heavy (non-hydrogen) atoms. The van der Waals surface area contributed by atoms with Crippen molar-refractivity contribution in [2.75, 3.05) is 26.7 Å². The van der Waals surface area contributed by atoms with Gasteiger partial charge in [0.2, 0.25) is 0 Å². The van der Waals surface area contributed by atoms with Crippen molar-refractivity contribution in [1.82, 2.24) is 10.2 Å². The Balaban J connectivity index is 2.24. The number of piperidine rings is 1. The highest BCUT2D eigenvalue weighted by Crippen LogP contribution is 2.17. The van der Waals surface area contributed by atoms with Crippen LogP contribution in [0.2, 0.25) is 0 Å². The number of nitrogens with zero attached hydrogens (tertiary/aromatic N) is 1. The third-order valence-corrected chi connectivity index (χ3v) is 4.00. The van der Waals surface area contributed by atoms with Crippen molar-refractivity contribution < 1.29 is 4.74 Å². The summed E-state index contributed by atoms with van der Waals surface area (Å²) in [5.41, 5.74) is -0.0185. The summed E-state index contributed by atoms with van der Waals surface area (Å²) in [4.78, 5) is 2.59. The SMILES string of the molecule is CCCN1CCC(NC(C)CC(C)(C)OC)CC1. The quantitative estimate of drug-likeness (QED) is 0.758. The van der Waals surface area contributed by atoms with Crippen molar-refractivity contribution in [2.24, 2.45) is 0 Å². The third kappa shape index (κ3) is 5.68. The van der Waals surface area contributed by atoms with Gasteiger partial charge in [-0.05, 0) is 66.1 Å². The highest BCUT2D eigenvalue weighted by atomic mass is 16.5. The molecule has 0 bridgehead atoms. The van der Waals surface area contributed by atoms with Gasteiger partial charge in [0, 0.05) is 19.2 Å². The molecule has 108 valence electrons. The Kier molecular flexibility index (Phi) is 6.61. The molecule has 1 fully saturated rings. The molecule has 1 aliphatic heterocycles. The molecule has 1 atom stereocenters. The fourth-order valence-electron chi connectivity index (χ4n) is 2.92. The second-order valence-electron chi connectivity index (χ2n) is 6.35. The second-order valence-corrected chi connectivity index (χ2v) is 6.35. The first-order valence-electron chi connectivity index (χ1n) is 7.50. The van der Waals surface area contributed by atoms with Gasteiger partial charge in [0.15, 0.2) is 0 Å². The lowest BCUT2D eigenvalue weighted by atomic mass is 9.97. The Morgan fingerprint density at radius 2 is 1.94 bits per heavy atom. The molecule has 0 aliphatic carbocycles. The molecule has 1 unspecified atom stereocenters. The van der Waals surface area contributed by atoms with Crippen LogP contribution in [0.3, 0.4) is 0 Å². The van der Waals surface area contributed by atoms with E-state index in [0.29, 0.717) is 12.1 Å². The van der Waals surface area contributed by atoms with Crippen molar-refractivity contribution in [2.45, 2.75) is 71.1 Å². The van der Waals surface area contributed by atoms with Crippen LogP contribution in [0.15, 0.2) is 0 Å². The van der Waals surface area contributed by atoms with Gasteiger partial charge in [-0.1, -0.05) is 6.92 Å². The molecule has 0 amide bonds. The fraction of sp³-hybridized carbons (Fsp3) is 1.00. The van der Waals surface area contributed by atoms with Crippen LogP contribution in [-0.4, -0.2) is 49.3 Å². The van der Waals surface area contributed by atoms with Crippen LogP contribution in [-0.2, 0) is 4.74 Å². The van der Waals surface area contributed by atoms with Gasteiger partial charge in [-0.3, -0.25) is 0 Å². The monoisotopic (exact) mass is 256 g/mol. The average molecular weight is 256 g/mol. The van der Waals surface area contributed by atoms with Crippen molar-refractivity contribution in [1.29, 1.82) is 0 Å². The Bertz CT molecular complexity index is 223. The van der Waals surface area contributed by atoms with Crippen LogP contribution in [0.5, 0.6) is 0 Å². The highest BCUT2D eigenvalue weighted by molar-refractivity contribution is 4.82. The molecular formula is C15H32N2O. The third-order valence-electron chi connectivity index (χ3n) is 4.00. The molecule has 0 aromatic heterocycles. The standard InChI is InChI=1S/C15H32N2O/c1-6-9-17-10-7-14(8-11-17)16-13(2)12-15(3,4)18-5/h13-14,16H,6-12H2,1-5H3. The van der Waals surface area contributed by atoms with E-state index in [1.54, 1.807) is 7.11 Å². The minimum absolute atomic E-state index is 0.0185. The first-order chi connectivity index (χ1) is 8.46. The van der Waals surface area contributed by atoms with Crippen molar-refractivity contribution in [3.05, 3.63) is 0 Å². The van der Waals surface area contributed by atoms with Crippen LogP contribution in [0, 0.1) is 0 Å². The summed E-state index contributed by atoms with van der Waals surface area (Å²) in [6.07, 6.45) is 4.92. The van der Waals surface area contributed by atoms with Crippen LogP contribution in [0.4, 0.5) is 0 Å². The molecule has 1 rings (SSSR count). The summed E-state index contributed by atoms with van der Waals surface area (Å²) >= 11 is 0. The number of likely N-dealkylation sites (tertiary alicyclic amines) is 1. The first-order valence-corrected chi connectivity index (χ1v) is 7.50. The molecule has 1 heterocycles. The van der Waals surface area contributed by atoms with Gasteiger partial charge in [-0.25, -0.2) is 0 Å². The maximum atomic E-state index is 5.50. The van der Waals surface area contributed by atoms with Gasteiger partial charge >= 0.3 is 0 Å². The first kappa shape index (κ1) is 15.9. The lowest BCUT2D eigenvalue weighted by molar-refractivity contribution is 0.00691. The minimum Gasteiger partial charge on any atom is -0.379 e. The van der Waals surface area contributed by atoms with E-state index in [9.17, 15) is 0 Å². The van der Waals surface area contributed by atoms with Crippen molar-refractivity contribution in [3.8, 4) is 0 Å². The van der Waals surface area contributed by atoms with Gasteiger partial charge in [-0.15, -0.1) is 0 Å². The van der Waals surface area contributed by atoms with Crippen LogP contribution >= 0.6 is 0 Å². The molecule has 0 aromatic rings. The van der Waals surface area contributed by atoms with Gasteiger partial charge in [0.05, 0.1) is 5.60 Å². The normalized spacial score (nSPS) is 21.2. The molecule has 0 radical (unpaired) electrons. The summed E-state index contributed by atoms with van der Waals surface area (Å²) < 4.78 is 5.50. The Hall–Kier alpha value is -0.120. The summed E-state index contributed by atoms with van der Waals surface area (Å²) in [6, 6.07) is 1.23. The number of methoxy groups -OCH3 is 1. The largest absolute Gasteiger partial charge is 0.379 e. The average Bonchev–Trinajstić information content (AvgIpc) is 2.31. The van der Waals surface area contributed by atoms with Crippen LogP contribution in [0.25, 0.3) is 0 Å².